The number of hydrogen-bond donors (Lipinski definition) is 2. The van der Waals surface area contributed by atoms with Crippen LogP contribution in [0.5, 0.6) is 0 Å². The Kier molecular flexibility index (Phi) is 9.26. The van der Waals surface area contributed by atoms with Gasteiger partial charge in [0, 0.05) is 6.54 Å². The van der Waals surface area contributed by atoms with Crippen molar-refractivity contribution in [3.8, 4) is 0 Å². The highest BCUT2D eigenvalue weighted by atomic mass is 19.4. The summed E-state index contributed by atoms with van der Waals surface area (Å²) in [5.41, 5.74) is 1.17. The molecule has 0 aliphatic heterocycles. The van der Waals surface area contributed by atoms with Gasteiger partial charge in [-0.1, -0.05) is 57.2 Å². The zero-order valence-electron chi connectivity index (χ0n) is 18.6. The molecule has 8 heteroatoms. The van der Waals surface area contributed by atoms with Gasteiger partial charge in [-0.3, -0.25) is 14.5 Å². The van der Waals surface area contributed by atoms with E-state index in [2.05, 4.69) is 36.6 Å². The first-order valence-corrected chi connectivity index (χ1v) is 10.6. The molecule has 5 nitrogen and oxygen atoms in total. The van der Waals surface area contributed by atoms with Gasteiger partial charge in [-0.05, 0) is 42.1 Å². The number of carbonyl (C=O) groups is 2. The van der Waals surface area contributed by atoms with Gasteiger partial charge in [0.15, 0.2) is 0 Å². The maximum absolute atomic E-state index is 13.1. The van der Waals surface area contributed by atoms with E-state index in [-0.39, 0.29) is 24.7 Å². The third kappa shape index (κ3) is 8.00. The van der Waals surface area contributed by atoms with Crippen molar-refractivity contribution < 1.29 is 22.8 Å². The van der Waals surface area contributed by atoms with Crippen LogP contribution in [0.25, 0.3) is 0 Å². The third-order valence-electron chi connectivity index (χ3n) is 5.07. The number of nitrogens with one attached hydrogen (secondary N) is 2. The maximum atomic E-state index is 13.1. The van der Waals surface area contributed by atoms with Gasteiger partial charge >= 0.3 is 6.18 Å². The number of nitrogens with zero attached hydrogens (tertiary/aromatic N) is 1. The van der Waals surface area contributed by atoms with E-state index >= 15 is 0 Å². The molecule has 0 atom stereocenters. The summed E-state index contributed by atoms with van der Waals surface area (Å²) in [5.74, 6) is -0.390. The van der Waals surface area contributed by atoms with Crippen LogP contribution in [0, 0.1) is 0 Å². The van der Waals surface area contributed by atoms with Crippen LogP contribution in [0.4, 0.5) is 18.9 Å². The molecule has 174 valence electrons. The molecule has 0 saturated carbocycles. The second-order valence-corrected chi connectivity index (χ2v) is 7.89. The van der Waals surface area contributed by atoms with Crippen molar-refractivity contribution in [1.82, 2.24) is 10.2 Å². The summed E-state index contributed by atoms with van der Waals surface area (Å²) in [5, 5.41) is 5.12. The SMILES string of the molecule is CCN(CC(=O)NCCc1ccc(C(C)C)cc1)CC(=O)Nc1ccccc1C(F)(F)F. The lowest BCUT2D eigenvalue weighted by molar-refractivity contribution is -0.137. The Hall–Kier alpha value is -2.87. The second kappa shape index (κ2) is 11.7. The molecule has 0 aliphatic rings. The number of amides is 2. The van der Waals surface area contributed by atoms with Crippen LogP contribution in [0.1, 0.15) is 43.4 Å². The first-order chi connectivity index (χ1) is 15.1. The Bertz CT molecular complexity index is 896. The van der Waals surface area contributed by atoms with E-state index < -0.39 is 17.6 Å². The molecule has 0 aromatic heterocycles. The minimum Gasteiger partial charge on any atom is -0.355 e. The number of likely N-dealkylation sites (N-methyl/N-ethyl adjacent to an activating group) is 1. The first-order valence-electron chi connectivity index (χ1n) is 10.6. The smallest absolute Gasteiger partial charge is 0.355 e. The van der Waals surface area contributed by atoms with Crippen LogP contribution in [-0.2, 0) is 22.2 Å². The Morgan fingerprint density at radius 3 is 2.19 bits per heavy atom. The van der Waals surface area contributed by atoms with E-state index in [4.69, 9.17) is 0 Å². The molecule has 0 aliphatic carbocycles. The molecule has 2 aromatic carbocycles. The number of hydrogen-bond acceptors (Lipinski definition) is 3. The van der Waals surface area contributed by atoms with Gasteiger partial charge in [-0.15, -0.1) is 0 Å². The van der Waals surface area contributed by atoms with E-state index in [0.717, 1.165) is 11.6 Å². The molecule has 0 heterocycles. The van der Waals surface area contributed by atoms with Crippen molar-refractivity contribution in [3.63, 3.8) is 0 Å². The molecule has 0 radical (unpaired) electrons. The van der Waals surface area contributed by atoms with Crippen molar-refractivity contribution in [1.29, 1.82) is 0 Å². The summed E-state index contributed by atoms with van der Waals surface area (Å²) in [6, 6.07) is 13.1. The van der Waals surface area contributed by atoms with Crippen molar-refractivity contribution in [2.45, 2.75) is 39.3 Å². The number of halogens is 3. The van der Waals surface area contributed by atoms with Crippen molar-refractivity contribution in [2.75, 3.05) is 31.5 Å². The van der Waals surface area contributed by atoms with Gasteiger partial charge < -0.3 is 10.6 Å². The molecular weight excluding hydrogens is 419 g/mol. The van der Waals surface area contributed by atoms with E-state index in [0.29, 0.717) is 25.4 Å². The number of carbonyl (C=O) groups excluding carboxylic acids is 2. The average molecular weight is 450 g/mol. The van der Waals surface area contributed by atoms with Crippen molar-refractivity contribution in [2.24, 2.45) is 0 Å². The van der Waals surface area contributed by atoms with Gasteiger partial charge in [-0.2, -0.15) is 13.2 Å². The van der Waals surface area contributed by atoms with Crippen LogP contribution in [0.3, 0.4) is 0 Å². The normalized spacial score (nSPS) is 11.6. The molecule has 2 amide bonds. The summed E-state index contributed by atoms with van der Waals surface area (Å²) in [4.78, 5) is 26.1. The fraction of sp³-hybridized carbons (Fsp3) is 0.417. The molecule has 0 fully saturated rings. The minimum absolute atomic E-state index is 0.0167. The van der Waals surface area contributed by atoms with Gasteiger partial charge in [-0.25, -0.2) is 0 Å². The lowest BCUT2D eigenvalue weighted by Crippen LogP contribution is -2.41. The fourth-order valence-electron chi connectivity index (χ4n) is 3.19. The largest absolute Gasteiger partial charge is 0.418 e. The zero-order valence-corrected chi connectivity index (χ0v) is 18.6. The summed E-state index contributed by atoms with van der Waals surface area (Å²) >= 11 is 0. The highest BCUT2D eigenvalue weighted by Gasteiger charge is 2.33. The predicted molar refractivity (Wildman–Crippen MR) is 119 cm³/mol. The van der Waals surface area contributed by atoms with E-state index in [9.17, 15) is 22.8 Å². The summed E-state index contributed by atoms with van der Waals surface area (Å²) in [7, 11) is 0. The Morgan fingerprint density at radius 2 is 1.59 bits per heavy atom. The standard InChI is InChI=1S/C24H30F3N3O2/c1-4-30(16-23(32)29-21-8-6-5-7-20(21)24(25,26)27)15-22(31)28-14-13-18-9-11-19(12-10-18)17(2)3/h5-12,17H,4,13-16H2,1-3H3,(H,28,31)(H,29,32). The van der Waals surface area contributed by atoms with E-state index in [1.165, 1.54) is 23.8 Å². The van der Waals surface area contributed by atoms with Gasteiger partial charge in [0.25, 0.3) is 0 Å². The topological polar surface area (TPSA) is 61.4 Å². The summed E-state index contributed by atoms with van der Waals surface area (Å²) in [6.07, 6.45) is -3.88. The van der Waals surface area contributed by atoms with Gasteiger partial charge in [0.2, 0.25) is 11.8 Å². The number of anilines is 1. The molecule has 2 rings (SSSR count). The molecule has 2 aromatic rings. The molecular formula is C24H30F3N3O2. The monoisotopic (exact) mass is 449 g/mol. The second-order valence-electron chi connectivity index (χ2n) is 7.89. The lowest BCUT2D eigenvalue weighted by Gasteiger charge is -2.20. The minimum atomic E-state index is -4.57. The lowest BCUT2D eigenvalue weighted by atomic mass is 10.0. The highest BCUT2D eigenvalue weighted by Crippen LogP contribution is 2.34. The zero-order chi connectivity index (χ0) is 23.7. The van der Waals surface area contributed by atoms with Crippen molar-refractivity contribution in [3.05, 3.63) is 65.2 Å². The Labute approximate surface area is 187 Å². The van der Waals surface area contributed by atoms with E-state index in [1.807, 2.05) is 12.1 Å². The maximum Gasteiger partial charge on any atom is 0.418 e. The van der Waals surface area contributed by atoms with Crippen molar-refractivity contribution >= 4 is 17.5 Å². The molecule has 32 heavy (non-hydrogen) atoms. The number of rotatable bonds is 10. The molecule has 2 N–H and O–H groups in total. The third-order valence-corrected chi connectivity index (χ3v) is 5.07. The molecule has 0 saturated heterocycles. The predicted octanol–water partition coefficient (Wildman–Crippen LogP) is 4.45. The van der Waals surface area contributed by atoms with Gasteiger partial charge in [0.1, 0.15) is 0 Å². The van der Waals surface area contributed by atoms with Crippen LogP contribution < -0.4 is 10.6 Å². The molecule has 0 spiro atoms. The number of alkyl halides is 3. The summed E-state index contributed by atoms with van der Waals surface area (Å²) < 4.78 is 39.2. The Balaban J connectivity index is 1.81. The van der Waals surface area contributed by atoms with E-state index in [1.54, 1.807) is 11.8 Å². The molecule has 0 bridgehead atoms. The summed E-state index contributed by atoms with van der Waals surface area (Å²) in [6.45, 7) is 6.69. The van der Waals surface area contributed by atoms with Crippen LogP contribution in [0.2, 0.25) is 0 Å². The van der Waals surface area contributed by atoms with Crippen LogP contribution in [0.15, 0.2) is 48.5 Å². The van der Waals surface area contributed by atoms with Gasteiger partial charge in [0.05, 0.1) is 24.3 Å². The number of benzene rings is 2. The first kappa shape index (κ1) is 25.4. The fourth-order valence-corrected chi connectivity index (χ4v) is 3.19. The van der Waals surface area contributed by atoms with Crippen LogP contribution >= 0.6 is 0 Å². The quantitative estimate of drug-likeness (QED) is 0.564. The highest BCUT2D eigenvalue weighted by molar-refractivity contribution is 5.93. The Morgan fingerprint density at radius 1 is 0.969 bits per heavy atom. The van der Waals surface area contributed by atoms with Crippen LogP contribution in [-0.4, -0.2) is 42.9 Å². The average Bonchev–Trinajstić information content (AvgIpc) is 2.73. The number of para-hydroxylation sites is 1. The molecule has 0 unspecified atom stereocenters.